The van der Waals surface area contributed by atoms with Crippen LogP contribution in [-0.2, 0) is 4.74 Å². The summed E-state index contributed by atoms with van der Waals surface area (Å²) in [6.07, 6.45) is 2.78. The number of rotatable bonds is 9. The van der Waals surface area contributed by atoms with E-state index in [0.29, 0.717) is 41.4 Å². The van der Waals surface area contributed by atoms with Gasteiger partial charge in [-0.05, 0) is 18.6 Å². The van der Waals surface area contributed by atoms with Crippen LogP contribution in [-0.4, -0.2) is 43.9 Å². The molecule has 1 aromatic heterocycles. The SMILES string of the molecule is CCCOc1ncnc(C=O)c1-c1ccc(OC)cc1OCOC. The zero-order valence-corrected chi connectivity index (χ0v) is 13.9. The molecule has 0 aliphatic carbocycles. The minimum Gasteiger partial charge on any atom is -0.497 e. The molecule has 2 rings (SSSR count). The standard InChI is InChI=1S/C17H20N2O5/c1-4-7-23-17-16(14(9-20)18-10-19-17)13-6-5-12(22-3)8-15(13)24-11-21-2/h5-6,8-10H,4,7,11H2,1-3H3. The first-order valence-corrected chi connectivity index (χ1v) is 7.48. The second-order valence-corrected chi connectivity index (χ2v) is 4.82. The van der Waals surface area contributed by atoms with E-state index in [4.69, 9.17) is 18.9 Å². The molecule has 0 amide bonds. The maximum Gasteiger partial charge on any atom is 0.225 e. The summed E-state index contributed by atoms with van der Waals surface area (Å²) in [5.41, 5.74) is 1.33. The number of methoxy groups -OCH3 is 2. The molecule has 0 saturated carbocycles. The van der Waals surface area contributed by atoms with Crippen LogP contribution < -0.4 is 14.2 Å². The molecule has 0 aliphatic rings. The van der Waals surface area contributed by atoms with Crippen molar-refractivity contribution in [3.8, 4) is 28.5 Å². The summed E-state index contributed by atoms with van der Waals surface area (Å²) in [5.74, 6) is 1.43. The van der Waals surface area contributed by atoms with E-state index in [9.17, 15) is 4.79 Å². The molecule has 7 nitrogen and oxygen atoms in total. The number of benzene rings is 1. The first-order valence-electron chi connectivity index (χ1n) is 7.48. The highest BCUT2D eigenvalue weighted by atomic mass is 16.7. The molecule has 0 saturated heterocycles. The molecular formula is C17H20N2O5. The average Bonchev–Trinajstić information content (AvgIpc) is 2.64. The second kappa shape index (κ2) is 8.83. The Balaban J connectivity index is 2.58. The number of hydrogen-bond donors (Lipinski definition) is 0. The van der Waals surface area contributed by atoms with Gasteiger partial charge in [0.25, 0.3) is 0 Å². The maximum atomic E-state index is 11.4. The molecule has 1 aromatic carbocycles. The lowest BCUT2D eigenvalue weighted by Crippen LogP contribution is -2.06. The van der Waals surface area contributed by atoms with Crippen LogP contribution in [0.5, 0.6) is 17.4 Å². The summed E-state index contributed by atoms with van der Waals surface area (Å²) >= 11 is 0. The predicted octanol–water partition coefficient (Wildman–Crippen LogP) is 2.74. The molecule has 0 radical (unpaired) electrons. The quantitative estimate of drug-likeness (QED) is 0.516. The van der Waals surface area contributed by atoms with Gasteiger partial charge >= 0.3 is 0 Å². The predicted molar refractivity (Wildman–Crippen MR) is 87.7 cm³/mol. The van der Waals surface area contributed by atoms with Gasteiger partial charge in [-0.15, -0.1) is 0 Å². The van der Waals surface area contributed by atoms with Crippen molar-refractivity contribution in [2.24, 2.45) is 0 Å². The van der Waals surface area contributed by atoms with Crippen molar-refractivity contribution in [2.75, 3.05) is 27.6 Å². The van der Waals surface area contributed by atoms with Gasteiger partial charge in [0.2, 0.25) is 5.88 Å². The van der Waals surface area contributed by atoms with E-state index in [1.54, 1.807) is 25.3 Å². The third-order valence-electron chi connectivity index (χ3n) is 3.19. The van der Waals surface area contributed by atoms with Crippen LogP contribution in [0.25, 0.3) is 11.1 Å². The van der Waals surface area contributed by atoms with Gasteiger partial charge < -0.3 is 18.9 Å². The molecular weight excluding hydrogens is 312 g/mol. The van der Waals surface area contributed by atoms with Crippen molar-refractivity contribution in [3.63, 3.8) is 0 Å². The average molecular weight is 332 g/mol. The number of hydrogen-bond acceptors (Lipinski definition) is 7. The Kier molecular flexibility index (Phi) is 6.51. The van der Waals surface area contributed by atoms with Crippen molar-refractivity contribution in [1.82, 2.24) is 9.97 Å². The highest BCUT2D eigenvalue weighted by Gasteiger charge is 2.19. The smallest absolute Gasteiger partial charge is 0.225 e. The topological polar surface area (TPSA) is 79.8 Å². The van der Waals surface area contributed by atoms with Crippen LogP contribution in [0, 0.1) is 0 Å². The Bertz CT molecular complexity index is 691. The molecule has 7 heteroatoms. The van der Waals surface area contributed by atoms with E-state index in [-0.39, 0.29) is 12.5 Å². The zero-order valence-electron chi connectivity index (χ0n) is 13.9. The third-order valence-corrected chi connectivity index (χ3v) is 3.19. The minimum absolute atomic E-state index is 0.0510. The number of carbonyl (C=O) groups is 1. The van der Waals surface area contributed by atoms with Crippen molar-refractivity contribution < 1.29 is 23.7 Å². The van der Waals surface area contributed by atoms with E-state index in [0.717, 1.165) is 6.42 Å². The summed E-state index contributed by atoms with van der Waals surface area (Å²) in [7, 11) is 3.09. The molecule has 0 bridgehead atoms. The highest BCUT2D eigenvalue weighted by Crippen LogP contribution is 2.38. The van der Waals surface area contributed by atoms with E-state index in [2.05, 4.69) is 9.97 Å². The van der Waals surface area contributed by atoms with Crippen LogP contribution in [0.3, 0.4) is 0 Å². The van der Waals surface area contributed by atoms with Crippen LogP contribution in [0.2, 0.25) is 0 Å². The molecule has 0 fully saturated rings. The van der Waals surface area contributed by atoms with Gasteiger partial charge in [-0.2, -0.15) is 0 Å². The molecule has 0 unspecified atom stereocenters. The Morgan fingerprint density at radius 2 is 2.00 bits per heavy atom. The summed E-state index contributed by atoms with van der Waals surface area (Å²) in [6.45, 7) is 2.52. The highest BCUT2D eigenvalue weighted by molar-refractivity contribution is 5.89. The van der Waals surface area contributed by atoms with Crippen LogP contribution in [0.4, 0.5) is 0 Å². The first-order chi connectivity index (χ1) is 11.7. The third kappa shape index (κ3) is 3.99. The van der Waals surface area contributed by atoms with Crippen molar-refractivity contribution in [3.05, 3.63) is 30.2 Å². The largest absolute Gasteiger partial charge is 0.497 e. The Morgan fingerprint density at radius 3 is 2.67 bits per heavy atom. The van der Waals surface area contributed by atoms with Crippen LogP contribution >= 0.6 is 0 Å². The van der Waals surface area contributed by atoms with Crippen LogP contribution in [0.15, 0.2) is 24.5 Å². The van der Waals surface area contributed by atoms with E-state index < -0.39 is 0 Å². The first kappa shape index (κ1) is 17.7. The van der Waals surface area contributed by atoms with E-state index >= 15 is 0 Å². The fraction of sp³-hybridized carbons (Fsp3) is 0.353. The number of carbonyl (C=O) groups excluding carboxylic acids is 1. The number of nitrogens with zero attached hydrogens (tertiary/aromatic N) is 2. The maximum absolute atomic E-state index is 11.4. The fourth-order valence-corrected chi connectivity index (χ4v) is 2.11. The van der Waals surface area contributed by atoms with Gasteiger partial charge in [0, 0.05) is 18.7 Å². The summed E-state index contributed by atoms with van der Waals surface area (Å²) < 4.78 is 21.5. The molecule has 0 spiro atoms. The van der Waals surface area contributed by atoms with Gasteiger partial charge in [0.1, 0.15) is 23.5 Å². The molecule has 24 heavy (non-hydrogen) atoms. The Morgan fingerprint density at radius 1 is 1.17 bits per heavy atom. The minimum atomic E-state index is 0.0510. The zero-order chi connectivity index (χ0) is 17.4. The van der Waals surface area contributed by atoms with Crippen molar-refractivity contribution in [1.29, 1.82) is 0 Å². The van der Waals surface area contributed by atoms with Gasteiger partial charge in [-0.3, -0.25) is 4.79 Å². The fourth-order valence-electron chi connectivity index (χ4n) is 2.11. The number of aldehydes is 1. The summed E-state index contributed by atoms with van der Waals surface area (Å²) in [4.78, 5) is 19.6. The van der Waals surface area contributed by atoms with E-state index in [1.165, 1.54) is 13.4 Å². The molecule has 0 N–H and O–H groups in total. The number of aromatic nitrogens is 2. The lowest BCUT2D eigenvalue weighted by atomic mass is 10.0. The molecule has 0 aliphatic heterocycles. The molecule has 128 valence electrons. The lowest BCUT2D eigenvalue weighted by Gasteiger charge is -2.16. The molecule has 1 heterocycles. The second-order valence-electron chi connectivity index (χ2n) is 4.82. The van der Waals surface area contributed by atoms with Gasteiger partial charge in [0.05, 0.1) is 19.3 Å². The number of ether oxygens (including phenoxy) is 4. The molecule has 0 atom stereocenters. The Hall–Kier alpha value is -2.67. The summed E-state index contributed by atoms with van der Waals surface area (Å²) in [5, 5.41) is 0. The summed E-state index contributed by atoms with van der Waals surface area (Å²) in [6, 6.07) is 5.24. The van der Waals surface area contributed by atoms with Crippen LogP contribution in [0.1, 0.15) is 23.8 Å². The lowest BCUT2D eigenvalue weighted by molar-refractivity contribution is 0.0514. The van der Waals surface area contributed by atoms with Crippen molar-refractivity contribution in [2.45, 2.75) is 13.3 Å². The normalized spacial score (nSPS) is 10.3. The molecule has 2 aromatic rings. The monoisotopic (exact) mass is 332 g/mol. The van der Waals surface area contributed by atoms with E-state index in [1.807, 2.05) is 6.92 Å². The van der Waals surface area contributed by atoms with Crippen molar-refractivity contribution >= 4 is 6.29 Å². The van der Waals surface area contributed by atoms with Gasteiger partial charge in [0.15, 0.2) is 13.1 Å². The van der Waals surface area contributed by atoms with Gasteiger partial charge in [-0.25, -0.2) is 9.97 Å². The Labute approximate surface area is 140 Å². The van der Waals surface area contributed by atoms with Gasteiger partial charge in [-0.1, -0.05) is 6.92 Å².